The Morgan fingerprint density at radius 2 is 0.741 bits per heavy atom. The van der Waals surface area contributed by atoms with E-state index in [0.717, 1.165) is 0 Å². The summed E-state index contributed by atoms with van der Waals surface area (Å²) in [6.45, 7) is 0. The highest BCUT2D eigenvalue weighted by atomic mass is 32.2. The van der Waals surface area contributed by atoms with Crippen LogP contribution >= 0.6 is 0 Å². The second-order valence-corrected chi connectivity index (χ2v) is 15.8. The predicted octanol–water partition coefficient (Wildman–Crippen LogP) is 7.36. The molecule has 0 saturated carbocycles. The molecule has 14 nitrogen and oxygen atoms in total. The van der Waals surface area contributed by atoms with Gasteiger partial charge in [-0.1, -0.05) is 60.7 Å². The number of rotatable bonds is 14. The van der Waals surface area contributed by atoms with Crippen LogP contribution in [0.4, 0.5) is 22.7 Å². The number of carboxylic acid groups (broad SMARTS) is 2. The number of carbonyl (C=O) groups is 4. The third-order valence-electron chi connectivity index (χ3n) is 8.40. The van der Waals surface area contributed by atoms with Crippen LogP contribution in [0.2, 0.25) is 0 Å². The van der Waals surface area contributed by atoms with Crippen LogP contribution in [0, 0.1) is 0 Å². The Balaban J connectivity index is 1.40. The van der Waals surface area contributed by atoms with Crippen LogP contribution in [0.1, 0.15) is 52.6 Å². The Morgan fingerprint density at radius 1 is 0.414 bits per heavy atom. The fourth-order valence-corrected chi connectivity index (χ4v) is 8.08. The first-order chi connectivity index (χ1) is 27.7. The molecule has 0 radical (unpaired) electrons. The first-order valence-electron chi connectivity index (χ1n) is 17.1. The highest BCUT2D eigenvalue weighted by molar-refractivity contribution is 7.93. The third-order valence-corrected chi connectivity index (χ3v) is 11.3. The maximum absolute atomic E-state index is 14.0. The van der Waals surface area contributed by atoms with Crippen LogP contribution in [0.15, 0.2) is 155 Å². The number of sulfonamides is 2. The standard InChI is InChI=1S/C42H32N4O10S2/c47-39(29-7-3-1-4-8-29)43-35-23-13-27(37(25-35)57(53,54)45-33-19-15-31(16-20-33)41(49)50)11-12-28-14-24-36(44-40(48)30-9-5-2-6-10-30)26-38(28)58(55,56)46-34-21-17-32(18-22-34)42(51)52/h1-26,45-46H,(H,43,47)(H,44,48)(H,49,50)(H,51,52). The van der Waals surface area contributed by atoms with Crippen LogP contribution in [0.3, 0.4) is 0 Å². The van der Waals surface area contributed by atoms with Crippen LogP contribution in [-0.2, 0) is 20.0 Å². The van der Waals surface area contributed by atoms with Crippen molar-refractivity contribution in [2.45, 2.75) is 9.79 Å². The Morgan fingerprint density at radius 3 is 1.07 bits per heavy atom. The summed E-state index contributed by atoms with van der Waals surface area (Å²) in [6, 6.07) is 34.6. The number of benzene rings is 6. The fourth-order valence-electron chi connectivity index (χ4n) is 5.51. The highest BCUT2D eigenvalue weighted by Crippen LogP contribution is 2.29. The Bertz CT molecular complexity index is 2590. The van der Waals surface area contributed by atoms with E-state index < -0.39 is 43.8 Å². The van der Waals surface area contributed by atoms with E-state index in [1.165, 1.54) is 97.1 Å². The molecule has 6 aromatic carbocycles. The van der Waals surface area contributed by atoms with E-state index in [1.807, 2.05) is 0 Å². The van der Waals surface area contributed by atoms with Crippen molar-refractivity contribution in [3.05, 3.63) is 179 Å². The highest BCUT2D eigenvalue weighted by Gasteiger charge is 2.23. The monoisotopic (exact) mass is 816 g/mol. The second kappa shape index (κ2) is 17.1. The summed E-state index contributed by atoms with van der Waals surface area (Å²) in [5, 5.41) is 23.9. The normalized spacial score (nSPS) is 11.4. The van der Waals surface area contributed by atoms with Gasteiger partial charge in [-0.15, -0.1) is 0 Å². The van der Waals surface area contributed by atoms with Crippen molar-refractivity contribution in [1.82, 2.24) is 0 Å². The number of carboxylic acids is 2. The van der Waals surface area contributed by atoms with Gasteiger partial charge in [-0.2, -0.15) is 0 Å². The quantitative estimate of drug-likeness (QED) is 0.0599. The lowest BCUT2D eigenvalue weighted by molar-refractivity contribution is 0.0686. The largest absolute Gasteiger partial charge is 0.478 e. The topological polar surface area (TPSA) is 225 Å². The van der Waals surface area contributed by atoms with Crippen molar-refractivity contribution >= 4 is 78.7 Å². The van der Waals surface area contributed by atoms with E-state index in [-0.39, 0.29) is 54.8 Å². The van der Waals surface area contributed by atoms with Gasteiger partial charge in [0.05, 0.1) is 20.9 Å². The molecule has 0 bridgehead atoms. The van der Waals surface area contributed by atoms with Gasteiger partial charge in [0.25, 0.3) is 31.9 Å². The van der Waals surface area contributed by atoms with Gasteiger partial charge in [-0.05, 0) is 108 Å². The minimum absolute atomic E-state index is 0.0441. The van der Waals surface area contributed by atoms with Gasteiger partial charge in [-0.25, -0.2) is 26.4 Å². The Hall–Kier alpha value is -7.56. The molecule has 0 fully saturated rings. The van der Waals surface area contributed by atoms with E-state index in [4.69, 9.17) is 0 Å². The average Bonchev–Trinajstić information content (AvgIpc) is 3.21. The molecule has 0 heterocycles. The molecule has 292 valence electrons. The van der Waals surface area contributed by atoms with Gasteiger partial charge >= 0.3 is 11.9 Å². The van der Waals surface area contributed by atoms with Crippen LogP contribution in [0.25, 0.3) is 12.2 Å². The average molecular weight is 817 g/mol. The summed E-state index contributed by atoms with van der Waals surface area (Å²) in [4.78, 5) is 48.0. The summed E-state index contributed by atoms with van der Waals surface area (Å²) in [7, 11) is -8.92. The van der Waals surface area contributed by atoms with Crippen molar-refractivity contribution in [3.63, 3.8) is 0 Å². The van der Waals surface area contributed by atoms with E-state index >= 15 is 0 Å². The first kappa shape index (κ1) is 40.1. The Kier molecular flexibility index (Phi) is 11.8. The number of carbonyl (C=O) groups excluding carboxylic acids is 2. The zero-order valence-corrected chi connectivity index (χ0v) is 31.6. The molecule has 58 heavy (non-hydrogen) atoms. The van der Waals surface area contributed by atoms with Crippen molar-refractivity contribution < 1.29 is 46.2 Å². The number of anilines is 4. The van der Waals surface area contributed by atoms with Crippen LogP contribution in [-0.4, -0.2) is 50.8 Å². The maximum Gasteiger partial charge on any atom is 0.335 e. The molecular weight excluding hydrogens is 785 g/mol. The molecule has 0 aliphatic carbocycles. The van der Waals surface area contributed by atoms with Crippen LogP contribution in [0.5, 0.6) is 0 Å². The van der Waals surface area contributed by atoms with Crippen molar-refractivity contribution in [3.8, 4) is 0 Å². The molecular formula is C42H32N4O10S2. The summed E-state index contributed by atoms with van der Waals surface area (Å²) < 4.78 is 60.7. The van der Waals surface area contributed by atoms with E-state index in [0.29, 0.717) is 11.1 Å². The van der Waals surface area contributed by atoms with Gasteiger partial charge in [0.15, 0.2) is 0 Å². The molecule has 2 amide bonds. The number of nitrogens with one attached hydrogen (secondary N) is 4. The summed E-state index contributed by atoms with van der Waals surface area (Å²) >= 11 is 0. The molecule has 6 rings (SSSR count). The first-order valence-corrected chi connectivity index (χ1v) is 20.1. The summed E-state index contributed by atoms with van der Waals surface area (Å²) in [5.41, 5.74) is 0.946. The number of hydrogen-bond acceptors (Lipinski definition) is 8. The Labute approximate surface area is 332 Å². The van der Waals surface area contributed by atoms with Gasteiger partial charge in [0, 0.05) is 33.9 Å². The third kappa shape index (κ3) is 9.81. The molecule has 0 aliphatic rings. The second-order valence-electron chi connectivity index (χ2n) is 12.5. The minimum atomic E-state index is -4.46. The van der Waals surface area contributed by atoms with Gasteiger partial charge in [-0.3, -0.25) is 19.0 Å². The molecule has 0 spiro atoms. The van der Waals surface area contributed by atoms with Gasteiger partial charge in [0.1, 0.15) is 0 Å². The number of amides is 2. The fraction of sp³-hybridized carbons (Fsp3) is 0. The lowest BCUT2D eigenvalue weighted by Gasteiger charge is -2.15. The molecule has 0 unspecified atom stereocenters. The van der Waals surface area contributed by atoms with E-state index in [2.05, 4.69) is 20.1 Å². The van der Waals surface area contributed by atoms with Crippen molar-refractivity contribution in [2.75, 3.05) is 20.1 Å². The zero-order valence-electron chi connectivity index (χ0n) is 30.0. The molecule has 6 aromatic rings. The smallest absolute Gasteiger partial charge is 0.335 e. The minimum Gasteiger partial charge on any atom is -0.478 e. The zero-order chi connectivity index (χ0) is 41.5. The molecule has 0 aliphatic heterocycles. The van der Waals surface area contributed by atoms with E-state index in [1.54, 1.807) is 60.7 Å². The SMILES string of the molecule is O=C(O)c1ccc(NS(=O)(=O)c2cc(NC(=O)c3ccccc3)ccc2C=Cc2ccc(NC(=O)c3ccccc3)cc2S(=O)(=O)Nc2ccc(C(=O)O)cc2)cc1. The van der Waals surface area contributed by atoms with E-state index in [9.17, 15) is 46.2 Å². The summed E-state index contributed by atoms with van der Waals surface area (Å²) in [5.74, 6) is -3.43. The molecule has 0 aromatic heterocycles. The lowest BCUT2D eigenvalue weighted by Crippen LogP contribution is -2.17. The van der Waals surface area contributed by atoms with Crippen LogP contribution < -0.4 is 20.1 Å². The van der Waals surface area contributed by atoms with Crippen molar-refractivity contribution in [2.24, 2.45) is 0 Å². The molecule has 6 N–H and O–H groups in total. The summed E-state index contributed by atoms with van der Waals surface area (Å²) in [6.07, 6.45) is 2.70. The number of hydrogen-bond donors (Lipinski definition) is 6. The van der Waals surface area contributed by atoms with Gasteiger partial charge in [0.2, 0.25) is 0 Å². The molecule has 0 saturated heterocycles. The maximum atomic E-state index is 14.0. The van der Waals surface area contributed by atoms with Crippen molar-refractivity contribution in [1.29, 1.82) is 0 Å². The molecule has 16 heteroatoms. The number of aromatic carboxylic acids is 2. The predicted molar refractivity (Wildman–Crippen MR) is 219 cm³/mol. The lowest BCUT2D eigenvalue weighted by atomic mass is 10.1. The van der Waals surface area contributed by atoms with Gasteiger partial charge < -0.3 is 20.8 Å². The molecule has 0 atom stereocenters.